The molecule has 0 aliphatic carbocycles. The van der Waals surface area contributed by atoms with Crippen LogP contribution in [0.15, 0.2) is 17.5 Å². The van der Waals surface area contributed by atoms with Crippen LogP contribution in [0.3, 0.4) is 0 Å². The van der Waals surface area contributed by atoms with Gasteiger partial charge in [0.15, 0.2) is 0 Å². The fourth-order valence-electron chi connectivity index (χ4n) is 2.34. The first kappa shape index (κ1) is 15.7. The van der Waals surface area contributed by atoms with Gasteiger partial charge in [0, 0.05) is 11.4 Å². The van der Waals surface area contributed by atoms with E-state index in [-0.39, 0.29) is 0 Å². The van der Waals surface area contributed by atoms with Crippen LogP contribution >= 0.6 is 11.3 Å². The predicted molar refractivity (Wildman–Crippen MR) is 81.9 cm³/mol. The van der Waals surface area contributed by atoms with Crippen molar-refractivity contribution in [3.63, 3.8) is 0 Å². The molecule has 1 aromatic rings. The maximum absolute atomic E-state index is 5.87. The van der Waals surface area contributed by atoms with Gasteiger partial charge in [-0.2, -0.15) is 0 Å². The molecule has 0 fully saturated rings. The van der Waals surface area contributed by atoms with Gasteiger partial charge in [-0.3, -0.25) is 4.90 Å². The first-order valence-electron chi connectivity index (χ1n) is 7.10. The Morgan fingerprint density at radius 1 is 1.39 bits per heavy atom. The smallest absolute Gasteiger partial charge is 0.0327 e. The van der Waals surface area contributed by atoms with Gasteiger partial charge in [-0.15, -0.1) is 11.3 Å². The molecule has 2 nitrogen and oxygen atoms in total. The van der Waals surface area contributed by atoms with Crippen molar-refractivity contribution in [3.05, 3.63) is 22.4 Å². The van der Waals surface area contributed by atoms with Crippen LogP contribution in [0.4, 0.5) is 0 Å². The van der Waals surface area contributed by atoms with Crippen molar-refractivity contribution in [1.29, 1.82) is 0 Å². The van der Waals surface area contributed by atoms with E-state index in [2.05, 4.69) is 43.2 Å². The van der Waals surface area contributed by atoms with Crippen molar-refractivity contribution < 1.29 is 0 Å². The largest absolute Gasteiger partial charge is 0.330 e. The molecule has 0 aromatic carbocycles. The number of nitrogens with two attached hydrogens (primary N) is 1. The Hall–Kier alpha value is -0.380. The Morgan fingerprint density at radius 2 is 2.17 bits per heavy atom. The van der Waals surface area contributed by atoms with Crippen LogP contribution in [0.1, 0.15) is 38.5 Å². The molecule has 1 aromatic heterocycles. The molecule has 0 radical (unpaired) electrons. The topological polar surface area (TPSA) is 29.3 Å². The molecule has 0 spiro atoms. The van der Waals surface area contributed by atoms with Crippen LogP contribution in [-0.4, -0.2) is 24.5 Å². The monoisotopic (exact) mass is 268 g/mol. The molecule has 18 heavy (non-hydrogen) atoms. The Balaban J connectivity index is 2.33. The minimum absolute atomic E-state index is 0.683. The summed E-state index contributed by atoms with van der Waals surface area (Å²) in [4.78, 5) is 3.99. The highest BCUT2D eigenvalue weighted by molar-refractivity contribution is 7.09. The lowest BCUT2D eigenvalue weighted by Gasteiger charge is -2.23. The average molecular weight is 268 g/mol. The lowest BCUT2D eigenvalue weighted by Crippen LogP contribution is -2.27. The van der Waals surface area contributed by atoms with Crippen molar-refractivity contribution in [3.8, 4) is 0 Å². The van der Waals surface area contributed by atoms with Crippen molar-refractivity contribution >= 4 is 11.3 Å². The normalized spacial score (nSPS) is 13.4. The highest BCUT2D eigenvalue weighted by Crippen LogP contribution is 2.17. The van der Waals surface area contributed by atoms with E-state index >= 15 is 0 Å². The Bertz CT molecular complexity index is 295. The maximum atomic E-state index is 5.87. The Morgan fingerprint density at radius 3 is 2.67 bits per heavy atom. The summed E-state index contributed by atoms with van der Waals surface area (Å²) in [6.45, 7) is 11.0. The molecule has 1 heterocycles. The number of nitrogens with zero attached hydrogens (tertiary/aromatic N) is 1. The van der Waals surface area contributed by atoms with E-state index in [1.54, 1.807) is 0 Å². The summed E-state index contributed by atoms with van der Waals surface area (Å²) in [6, 6.07) is 4.36. The standard InChI is InChI=1S/C15H28N2S/c1-4-17(12-15-6-5-9-18-15)8-7-14(11-16)10-13(2)3/h5-6,9,13-14H,4,7-8,10-12,16H2,1-3H3. The van der Waals surface area contributed by atoms with Crippen LogP contribution in [0.2, 0.25) is 0 Å². The molecule has 0 saturated heterocycles. The molecule has 1 atom stereocenters. The second-order valence-corrected chi connectivity index (χ2v) is 6.50. The third-order valence-electron chi connectivity index (χ3n) is 3.40. The minimum Gasteiger partial charge on any atom is -0.330 e. The molecular formula is C15H28N2S. The molecule has 104 valence electrons. The van der Waals surface area contributed by atoms with Gasteiger partial charge in [-0.1, -0.05) is 26.8 Å². The summed E-state index contributed by atoms with van der Waals surface area (Å²) in [5, 5.41) is 2.16. The molecule has 0 amide bonds. The third-order valence-corrected chi connectivity index (χ3v) is 4.26. The molecule has 0 aliphatic heterocycles. The van der Waals surface area contributed by atoms with Crippen LogP contribution in [0, 0.1) is 11.8 Å². The van der Waals surface area contributed by atoms with Gasteiger partial charge in [0.2, 0.25) is 0 Å². The van der Waals surface area contributed by atoms with E-state index in [1.165, 1.54) is 24.3 Å². The molecular weight excluding hydrogens is 240 g/mol. The lowest BCUT2D eigenvalue weighted by atomic mass is 9.94. The number of rotatable bonds is 9. The molecule has 3 heteroatoms. The van der Waals surface area contributed by atoms with Gasteiger partial charge in [0.25, 0.3) is 0 Å². The van der Waals surface area contributed by atoms with Crippen molar-refractivity contribution in [2.24, 2.45) is 17.6 Å². The van der Waals surface area contributed by atoms with E-state index in [9.17, 15) is 0 Å². The summed E-state index contributed by atoms with van der Waals surface area (Å²) in [7, 11) is 0. The van der Waals surface area contributed by atoms with Gasteiger partial charge >= 0.3 is 0 Å². The van der Waals surface area contributed by atoms with Gasteiger partial charge in [0.1, 0.15) is 0 Å². The number of hydrogen-bond acceptors (Lipinski definition) is 3. The molecule has 0 aliphatic rings. The summed E-state index contributed by atoms with van der Waals surface area (Å²) in [6.07, 6.45) is 2.49. The second-order valence-electron chi connectivity index (χ2n) is 5.47. The minimum atomic E-state index is 0.683. The lowest BCUT2D eigenvalue weighted by molar-refractivity contribution is 0.248. The summed E-state index contributed by atoms with van der Waals surface area (Å²) >= 11 is 1.85. The van der Waals surface area contributed by atoms with E-state index in [1.807, 2.05) is 11.3 Å². The number of hydrogen-bond donors (Lipinski definition) is 1. The van der Waals surface area contributed by atoms with Crippen LogP contribution in [-0.2, 0) is 6.54 Å². The SMILES string of the molecule is CCN(CCC(CN)CC(C)C)Cc1cccs1. The predicted octanol–water partition coefficient (Wildman–Crippen LogP) is 3.58. The van der Waals surface area contributed by atoms with Gasteiger partial charge in [-0.05, 0) is 55.8 Å². The third kappa shape index (κ3) is 5.98. The van der Waals surface area contributed by atoms with E-state index in [0.29, 0.717) is 5.92 Å². The van der Waals surface area contributed by atoms with Crippen LogP contribution < -0.4 is 5.73 Å². The molecule has 1 unspecified atom stereocenters. The van der Waals surface area contributed by atoms with Gasteiger partial charge < -0.3 is 5.73 Å². The van der Waals surface area contributed by atoms with Crippen molar-refractivity contribution in [2.75, 3.05) is 19.6 Å². The maximum Gasteiger partial charge on any atom is 0.0327 e. The van der Waals surface area contributed by atoms with E-state index in [0.717, 1.165) is 25.6 Å². The highest BCUT2D eigenvalue weighted by Gasteiger charge is 2.11. The zero-order valence-electron chi connectivity index (χ0n) is 12.1. The molecule has 0 bridgehead atoms. The molecule has 0 saturated carbocycles. The van der Waals surface area contributed by atoms with Gasteiger partial charge in [-0.25, -0.2) is 0 Å². The number of thiophene rings is 1. The fourth-order valence-corrected chi connectivity index (χ4v) is 3.08. The molecule has 2 N–H and O–H groups in total. The van der Waals surface area contributed by atoms with Crippen molar-refractivity contribution in [2.45, 2.75) is 40.2 Å². The Kier molecular flexibility index (Phi) is 7.56. The van der Waals surface area contributed by atoms with E-state index in [4.69, 9.17) is 5.73 Å². The molecule has 1 rings (SSSR count). The highest BCUT2D eigenvalue weighted by atomic mass is 32.1. The first-order chi connectivity index (χ1) is 8.65. The fraction of sp³-hybridized carbons (Fsp3) is 0.733. The summed E-state index contributed by atoms with van der Waals surface area (Å²) in [5.74, 6) is 1.44. The van der Waals surface area contributed by atoms with Crippen LogP contribution in [0.5, 0.6) is 0 Å². The summed E-state index contributed by atoms with van der Waals surface area (Å²) < 4.78 is 0. The van der Waals surface area contributed by atoms with Gasteiger partial charge in [0.05, 0.1) is 0 Å². The second kappa shape index (κ2) is 8.68. The zero-order valence-corrected chi connectivity index (χ0v) is 12.9. The Labute approximate surface area is 116 Å². The average Bonchev–Trinajstić information content (AvgIpc) is 2.84. The summed E-state index contributed by atoms with van der Waals surface area (Å²) in [5.41, 5.74) is 5.87. The zero-order chi connectivity index (χ0) is 13.4. The van der Waals surface area contributed by atoms with Crippen molar-refractivity contribution in [1.82, 2.24) is 4.90 Å². The van der Waals surface area contributed by atoms with E-state index < -0.39 is 0 Å². The first-order valence-corrected chi connectivity index (χ1v) is 7.98. The quantitative estimate of drug-likeness (QED) is 0.741. The van der Waals surface area contributed by atoms with Crippen LogP contribution in [0.25, 0.3) is 0 Å².